The molecule has 16 heavy (non-hydrogen) atoms. The molecule has 2 rings (SSSR count). The van der Waals surface area contributed by atoms with Crippen molar-refractivity contribution in [2.24, 2.45) is 0 Å². The lowest BCUT2D eigenvalue weighted by molar-refractivity contribution is -0.142. The Morgan fingerprint density at radius 2 is 2.12 bits per heavy atom. The minimum absolute atomic E-state index is 0.185. The summed E-state index contributed by atoms with van der Waals surface area (Å²) in [7, 11) is 0. The Bertz CT molecular complexity index is 363. The Morgan fingerprint density at radius 1 is 1.44 bits per heavy atom. The van der Waals surface area contributed by atoms with Crippen LogP contribution >= 0.6 is 0 Å². The van der Waals surface area contributed by atoms with E-state index >= 15 is 0 Å². The highest BCUT2D eigenvalue weighted by atomic mass is 16.4. The van der Waals surface area contributed by atoms with Crippen molar-refractivity contribution in [2.45, 2.75) is 31.8 Å². The number of nitrogens with zero attached hydrogens (tertiary/aromatic N) is 1. The van der Waals surface area contributed by atoms with Crippen molar-refractivity contribution >= 4 is 5.97 Å². The zero-order valence-electron chi connectivity index (χ0n) is 9.47. The van der Waals surface area contributed by atoms with Gasteiger partial charge in [-0.3, -0.25) is 9.69 Å². The van der Waals surface area contributed by atoms with Gasteiger partial charge in [0.25, 0.3) is 0 Å². The first-order chi connectivity index (χ1) is 7.70. The predicted octanol–water partition coefficient (Wildman–Crippen LogP) is 2.30. The number of hydrogen-bond donors (Lipinski definition) is 1. The monoisotopic (exact) mass is 219 g/mol. The lowest BCUT2D eigenvalue weighted by atomic mass is 10.1. The van der Waals surface area contributed by atoms with Gasteiger partial charge in [-0.1, -0.05) is 30.3 Å². The van der Waals surface area contributed by atoms with Gasteiger partial charge in [-0.2, -0.15) is 0 Å². The molecule has 1 N–H and O–H groups in total. The summed E-state index contributed by atoms with van der Waals surface area (Å²) in [5.41, 5.74) is 1.19. The summed E-state index contributed by atoms with van der Waals surface area (Å²) in [6, 6.07) is 9.97. The van der Waals surface area contributed by atoms with Gasteiger partial charge < -0.3 is 5.11 Å². The second-order valence-electron chi connectivity index (χ2n) is 4.32. The molecule has 3 nitrogen and oxygen atoms in total. The van der Waals surface area contributed by atoms with Gasteiger partial charge in [-0.15, -0.1) is 0 Å². The fraction of sp³-hybridized carbons (Fsp3) is 0.462. The van der Waals surface area contributed by atoms with Gasteiger partial charge in [0.05, 0.1) is 0 Å². The second kappa shape index (κ2) is 4.66. The third-order valence-corrected chi connectivity index (χ3v) is 3.36. The van der Waals surface area contributed by atoms with Gasteiger partial charge in [0, 0.05) is 6.04 Å². The zero-order chi connectivity index (χ0) is 11.5. The van der Waals surface area contributed by atoms with Crippen LogP contribution in [0.5, 0.6) is 0 Å². The summed E-state index contributed by atoms with van der Waals surface area (Å²) in [6.07, 6.45) is 1.75. The van der Waals surface area contributed by atoms with E-state index in [1.54, 1.807) is 0 Å². The number of hydrogen-bond acceptors (Lipinski definition) is 2. The average molecular weight is 219 g/mol. The number of likely N-dealkylation sites (tertiary alicyclic amines) is 1. The molecule has 1 aliphatic rings. The smallest absolute Gasteiger partial charge is 0.320 e. The van der Waals surface area contributed by atoms with Crippen molar-refractivity contribution in [1.82, 2.24) is 4.90 Å². The van der Waals surface area contributed by atoms with Gasteiger partial charge in [-0.25, -0.2) is 0 Å². The lowest BCUT2D eigenvalue weighted by Gasteiger charge is -2.28. The van der Waals surface area contributed by atoms with E-state index in [0.29, 0.717) is 0 Å². The summed E-state index contributed by atoms with van der Waals surface area (Å²) < 4.78 is 0. The van der Waals surface area contributed by atoms with Crippen LogP contribution in [0.3, 0.4) is 0 Å². The molecule has 1 aliphatic heterocycles. The molecule has 1 saturated heterocycles. The molecule has 0 aliphatic carbocycles. The molecule has 0 radical (unpaired) electrons. The molecule has 0 unspecified atom stereocenters. The summed E-state index contributed by atoms with van der Waals surface area (Å²) in [6.45, 7) is 2.96. The van der Waals surface area contributed by atoms with E-state index in [2.05, 4.69) is 24.0 Å². The zero-order valence-corrected chi connectivity index (χ0v) is 9.47. The largest absolute Gasteiger partial charge is 0.480 e. The Balaban J connectivity index is 2.15. The molecular formula is C13H17NO2. The Morgan fingerprint density at radius 3 is 2.75 bits per heavy atom. The molecule has 2 atom stereocenters. The molecule has 86 valence electrons. The van der Waals surface area contributed by atoms with Crippen LogP contribution in [0.15, 0.2) is 30.3 Å². The molecular weight excluding hydrogens is 202 g/mol. The summed E-state index contributed by atoms with van der Waals surface area (Å²) in [5.74, 6) is -0.694. The average Bonchev–Trinajstić information content (AvgIpc) is 2.78. The lowest BCUT2D eigenvalue weighted by Crippen LogP contribution is -2.37. The second-order valence-corrected chi connectivity index (χ2v) is 4.32. The van der Waals surface area contributed by atoms with Crippen LogP contribution < -0.4 is 0 Å². The van der Waals surface area contributed by atoms with Crippen LogP contribution in [0.4, 0.5) is 0 Å². The SMILES string of the molecule is C[C@@H](c1ccccc1)N1CCC[C@H]1C(=O)O. The molecule has 0 amide bonds. The minimum atomic E-state index is -0.694. The van der Waals surface area contributed by atoms with E-state index in [4.69, 9.17) is 5.11 Å². The fourth-order valence-electron chi connectivity index (χ4n) is 2.44. The first-order valence-electron chi connectivity index (χ1n) is 5.73. The topological polar surface area (TPSA) is 40.5 Å². The Labute approximate surface area is 95.7 Å². The number of aliphatic carboxylic acids is 1. The van der Waals surface area contributed by atoms with Crippen molar-refractivity contribution in [1.29, 1.82) is 0 Å². The van der Waals surface area contributed by atoms with Crippen LogP contribution in [0, 0.1) is 0 Å². The first kappa shape index (κ1) is 11.1. The first-order valence-corrected chi connectivity index (χ1v) is 5.73. The molecule has 1 heterocycles. The molecule has 0 saturated carbocycles. The highest BCUT2D eigenvalue weighted by Gasteiger charge is 2.33. The summed E-state index contributed by atoms with van der Waals surface area (Å²) in [5, 5.41) is 9.14. The quantitative estimate of drug-likeness (QED) is 0.848. The maximum Gasteiger partial charge on any atom is 0.320 e. The highest BCUT2D eigenvalue weighted by Crippen LogP contribution is 2.28. The van der Waals surface area contributed by atoms with Gasteiger partial charge in [-0.05, 0) is 31.9 Å². The molecule has 0 spiro atoms. The van der Waals surface area contributed by atoms with Crippen molar-refractivity contribution in [3.05, 3.63) is 35.9 Å². The highest BCUT2D eigenvalue weighted by molar-refractivity contribution is 5.73. The number of rotatable bonds is 3. The van der Waals surface area contributed by atoms with E-state index < -0.39 is 5.97 Å². The molecule has 0 bridgehead atoms. The molecule has 1 aromatic rings. The summed E-state index contributed by atoms with van der Waals surface area (Å²) in [4.78, 5) is 13.2. The van der Waals surface area contributed by atoms with Crippen LogP contribution in [-0.4, -0.2) is 28.6 Å². The predicted molar refractivity (Wildman–Crippen MR) is 62.2 cm³/mol. The van der Waals surface area contributed by atoms with Crippen molar-refractivity contribution < 1.29 is 9.90 Å². The standard InChI is InChI=1S/C13H17NO2/c1-10(11-6-3-2-4-7-11)14-9-5-8-12(14)13(15)16/h2-4,6-7,10,12H,5,8-9H2,1H3,(H,15,16)/t10-,12-/m0/s1. The van der Waals surface area contributed by atoms with Gasteiger partial charge in [0.2, 0.25) is 0 Å². The van der Waals surface area contributed by atoms with E-state index in [1.807, 2.05) is 18.2 Å². The number of benzene rings is 1. The van der Waals surface area contributed by atoms with Crippen LogP contribution in [0.25, 0.3) is 0 Å². The van der Waals surface area contributed by atoms with E-state index in [-0.39, 0.29) is 12.1 Å². The molecule has 1 aromatic carbocycles. The normalized spacial score (nSPS) is 23.2. The third kappa shape index (κ3) is 2.09. The number of carbonyl (C=O) groups is 1. The van der Waals surface area contributed by atoms with Gasteiger partial charge >= 0.3 is 5.97 Å². The molecule has 3 heteroatoms. The number of carboxylic acid groups (broad SMARTS) is 1. The van der Waals surface area contributed by atoms with E-state index in [9.17, 15) is 4.79 Å². The van der Waals surface area contributed by atoms with Gasteiger partial charge in [0.15, 0.2) is 0 Å². The minimum Gasteiger partial charge on any atom is -0.480 e. The Kier molecular flexibility index (Phi) is 3.25. The Hall–Kier alpha value is -1.35. The van der Waals surface area contributed by atoms with Crippen molar-refractivity contribution in [3.8, 4) is 0 Å². The van der Waals surface area contributed by atoms with E-state index in [1.165, 1.54) is 5.56 Å². The third-order valence-electron chi connectivity index (χ3n) is 3.36. The molecule has 1 fully saturated rings. The van der Waals surface area contributed by atoms with Crippen LogP contribution in [-0.2, 0) is 4.79 Å². The fourth-order valence-corrected chi connectivity index (χ4v) is 2.44. The maximum absolute atomic E-state index is 11.1. The maximum atomic E-state index is 11.1. The van der Waals surface area contributed by atoms with Gasteiger partial charge in [0.1, 0.15) is 6.04 Å². The van der Waals surface area contributed by atoms with Crippen molar-refractivity contribution in [2.75, 3.05) is 6.54 Å². The van der Waals surface area contributed by atoms with Crippen LogP contribution in [0.2, 0.25) is 0 Å². The van der Waals surface area contributed by atoms with Crippen LogP contribution in [0.1, 0.15) is 31.4 Å². The summed E-state index contributed by atoms with van der Waals surface area (Å²) >= 11 is 0. The number of carboxylic acids is 1. The van der Waals surface area contributed by atoms with E-state index in [0.717, 1.165) is 19.4 Å². The molecule has 0 aromatic heterocycles. The van der Waals surface area contributed by atoms with Crippen molar-refractivity contribution in [3.63, 3.8) is 0 Å².